The van der Waals surface area contributed by atoms with Gasteiger partial charge in [0, 0.05) is 54.7 Å². The maximum Gasteiger partial charge on any atom is 0.266 e. The number of aromatic nitrogens is 5. The lowest BCUT2D eigenvalue weighted by Gasteiger charge is -2.24. The van der Waals surface area contributed by atoms with Crippen molar-refractivity contribution >= 4 is 75.5 Å². The number of hydrogen-bond donors (Lipinski definition) is 0. The van der Waals surface area contributed by atoms with Crippen LogP contribution in [0.15, 0.2) is 135 Å². The molecule has 9 nitrogen and oxygen atoms in total. The molecule has 12 rings (SSSR count). The number of pyridine rings is 5. The summed E-state index contributed by atoms with van der Waals surface area (Å²) in [5, 5.41) is 8.08. The van der Waals surface area contributed by atoms with E-state index in [4.69, 9.17) is 9.97 Å². The fraction of sp³-hybridized carbons (Fsp3) is 0.203. The topological polar surface area (TPSA) is 117 Å². The summed E-state index contributed by atoms with van der Waals surface area (Å²) in [6.45, 7) is 16.6. The van der Waals surface area contributed by atoms with Crippen LogP contribution in [-0.2, 0) is 0 Å². The highest BCUT2D eigenvalue weighted by molar-refractivity contribution is 6.45. The molecule has 5 aromatic heterocycles. The Morgan fingerprint density at radius 3 is 1.29 bits per heavy atom. The van der Waals surface area contributed by atoms with Crippen LogP contribution in [-0.4, -0.2) is 24.1 Å². The fourth-order valence-corrected chi connectivity index (χ4v) is 11.3. The third-order valence-corrected chi connectivity index (χ3v) is 14.4. The van der Waals surface area contributed by atoms with Crippen LogP contribution in [0.5, 0.6) is 0 Å². The Balaban J connectivity index is 1.30. The van der Waals surface area contributed by atoms with Crippen molar-refractivity contribution in [2.45, 2.75) is 79.1 Å². The van der Waals surface area contributed by atoms with Crippen LogP contribution >= 0.6 is 0 Å². The second-order valence-corrected chi connectivity index (χ2v) is 19.7. The molecular formula is C59H47N5O4. The third kappa shape index (κ3) is 5.59. The molecule has 0 bridgehead atoms. The first-order chi connectivity index (χ1) is 32.8. The van der Waals surface area contributed by atoms with Crippen LogP contribution in [0.1, 0.15) is 101 Å². The molecule has 0 unspecified atom stereocenters. The Bertz CT molecular complexity index is 4250. The van der Waals surface area contributed by atoms with Crippen LogP contribution in [0.25, 0.3) is 110 Å². The molecule has 0 amide bonds. The first-order valence-electron chi connectivity index (χ1n) is 23.6. The molecule has 0 fully saturated rings. The van der Waals surface area contributed by atoms with Gasteiger partial charge >= 0.3 is 0 Å². The van der Waals surface area contributed by atoms with Gasteiger partial charge in [-0.25, -0.2) is 19.1 Å². The van der Waals surface area contributed by atoms with Gasteiger partial charge in [0.25, 0.3) is 22.2 Å². The van der Waals surface area contributed by atoms with E-state index in [1.165, 1.54) is 9.13 Å². The zero-order valence-electron chi connectivity index (χ0n) is 39.1. The minimum absolute atomic E-state index is 0.0310. The standard InChI is InChI=1S/C59H47N5O4/c1-28(2)32-14-11-15-33(29(3)4)54(32)63-56(65)38-23-21-36-37-22-24-39-48-42(59(68)64(57(39)66)55-34(30(5)6)16-12-17-35(55)31(7)8)27-46-52(50(37)48)51-40(26-41(58(63)67)47(38)49(36)51)53(62-46)45-20-13-19-44(61-45)43-18-9-10-25-60-43/h9-31H,1-8H3. The highest BCUT2D eigenvalue weighted by atomic mass is 16.2. The number of fused-ring (bicyclic) bond motifs is 1. The molecule has 0 spiro atoms. The smallest absolute Gasteiger partial charge is 0.266 e. The van der Waals surface area contributed by atoms with Crippen molar-refractivity contribution < 1.29 is 0 Å². The Morgan fingerprint density at radius 2 is 0.794 bits per heavy atom. The van der Waals surface area contributed by atoms with Crippen molar-refractivity contribution in [2.24, 2.45) is 0 Å². The van der Waals surface area contributed by atoms with Crippen LogP contribution < -0.4 is 22.2 Å². The molecular weight excluding hydrogens is 843 g/mol. The monoisotopic (exact) mass is 889 g/mol. The summed E-state index contributed by atoms with van der Waals surface area (Å²) in [6, 6.07) is 34.8. The SMILES string of the molecule is CC(C)c1cccc(C(C)C)c1-n1c(=O)c2ccc3c4ccc5c(=O)n(-c6c(C(C)C)cccc6C(C)C)c(=O)c6cc7c(-c8cccc(-c9ccccn9)n8)nc8cc(c1=O)c2c3c8c7c4c56. The molecule has 332 valence electrons. The van der Waals surface area contributed by atoms with E-state index in [9.17, 15) is 0 Å². The van der Waals surface area contributed by atoms with E-state index in [0.717, 1.165) is 54.6 Å². The second-order valence-electron chi connectivity index (χ2n) is 19.7. The molecule has 0 atom stereocenters. The number of para-hydroxylation sites is 2. The number of hydrogen-bond acceptors (Lipinski definition) is 7. The van der Waals surface area contributed by atoms with Gasteiger partial charge in [0.05, 0.1) is 45.1 Å². The minimum Gasteiger partial charge on any atom is -0.268 e. The van der Waals surface area contributed by atoms with Gasteiger partial charge in [0.2, 0.25) is 0 Å². The summed E-state index contributed by atoms with van der Waals surface area (Å²) in [4.78, 5) is 76.6. The van der Waals surface area contributed by atoms with Gasteiger partial charge in [0.15, 0.2) is 0 Å². The fourth-order valence-electron chi connectivity index (χ4n) is 11.3. The van der Waals surface area contributed by atoms with Crippen LogP contribution in [0.2, 0.25) is 0 Å². The van der Waals surface area contributed by atoms with E-state index in [0.29, 0.717) is 77.4 Å². The Hall–Kier alpha value is -7.91. The summed E-state index contributed by atoms with van der Waals surface area (Å²) in [5.74, 6) is 0.134. The summed E-state index contributed by atoms with van der Waals surface area (Å²) in [5.41, 5.74) is 6.28. The predicted octanol–water partition coefficient (Wildman–Crippen LogP) is 12.5. The van der Waals surface area contributed by atoms with Gasteiger partial charge in [-0.3, -0.25) is 24.2 Å². The first-order valence-corrected chi connectivity index (χ1v) is 23.6. The molecule has 0 radical (unpaired) electrons. The van der Waals surface area contributed by atoms with Crippen molar-refractivity contribution in [2.75, 3.05) is 0 Å². The Labute approximate surface area is 390 Å². The van der Waals surface area contributed by atoms with E-state index in [1.807, 2.05) is 109 Å². The van der Waals surface area contributed by atoms with Crippen molar-refractivity contribution in [1.82, 2.24) is 24.1 Å². The molecule has 5 heterocycles. The zero-order valence-corrected chi connectivity index (χ0v) is 39.1. The summed E-state index contributed by atoms with van der Waals surface area (Å²) < 4.78 is 2.79. The van der Waals surface area contributed by atoms with Crippen LogP contribution in [0, 0.1) is 0 Å². The molecule has 0 saturated heterocycles. The minimum atomic E-state index is -0.412. The normalized spacial score (nSPS) is 12.6. The third-order valence-electron chi connectivity index (χ3n) is 14.4. The highest BCUT2D eigenvalue weighted by Crippen LogP contribution is 2.49. The van der Waals surface area contributed by atoms with Gasteiger partial charge in [-0.2, -0.15) is 0 Å². The van der Waals surface area contributed by atoms with E-state index in [1.54, 1.807) is 6.20 Å². The van der Waals surface area contributed by atoms with Crippen molar-refractivity contribution in [3.05, 3.63) is 179 Å². The Kier molecular flexibility index (Phi) is 9.03. The van der Waals surface area contributed by atoms with Gasteiger partial charge in [-0.15, -0.1) is 0 Å². The van der Waals surface area contributed by atoms with Gasteiger partial charge in [-0.1, -0.05) is 116 Å². The predicted molar refractivity (Wildman–Crippen MR) is 278 cm³/mol. The molecule has 12 aromatic rings. The lowest BCUT2D eigenvalue weighted by Crippen LogP contribution is -2.34. The summed E-state index contributed by atoms with van der Waals surface area (Å²) in [6.07, 6.45) is 1.73. The molecule has 7 aromatic carbocycles. The van der Waals surface area contributed by atoms with Gasteiger partial charge in [-0.05, 0) is 111 Å². The average Bonchev–Trinajstić information content (AvgIpc) is 3.34. The van der Waals surface area contributed by atoms with Crippen LogP contribution in [0.3, 0.4) is 0 Å². The second kappa shape index (κ2) is 14.8. The number of rotatable bonds is 8. The summed E-state index contributed by atoms with van der Waals surface area (Å²) in [7, 11) is 0. The molecule has 68 heavy (non-hydrogen) atoms. The number of nitrogens with zero attached hydrogens (tertiary/aromatic N) is 5. The molecule has 0 N–H and O–H groups in total. The first kappa shape index (κ1) is 41.5. The molecule has 0 aliphatic rings. The van der Waals surface area contributed by atoms with Crippen molar-refractivity contribution in [3.8, 4) is 34.2 Å². The van der Waals surface area contributed by atoms with Crippen molar-refractivity contribution in [3.63, 3.8) is 0 Å². The van der Waals surface area contributed by atoms with E-state index in [-0.39, 0.29) is 34.8 Å². The quantitative estimate of drug-likeness (QED) is 0.110. The molecule has 9 heteroatoms. The summed E-state index contributed by atoms with van der Waals surface area (Å²) >= 11 is 0. The largest absolute Gasteiger partial charge is 0.268 e. The van der Waals surface area contributed by atoms with Gasteiger partial charge in [0.1, 0.15) is 0 Å². The maximum absolute atomic E-state index is 15.5. The van der Waals surface area contributed by atoms with E-state index < -0.39 is 11.1 Å². The number of benzene rings is 7. The Morgan fingerprint density at radius 1 is 0.368 bits per heavy atom. The lowest BCUT2D eigenvalue weighted by molar-refractivity contribution is 0.792. The van der Waals surface area contributed by atoms with E-state index >= 15 is 19.2 Å². The van der Waals surface area contributed by atoms with E-state index in [2.05, 4.69) is 60.4 Å². The van der Waals surface area contributed by atoms with Crippen molar-refractivity contribution in [1.29, 1.82) is 0 Å². The molecule has 0 saturated carbocycles. The lowest BCUT2D eigenvalue weighted by atomic mass is 9.83. The molecule has 0 aliphatic heterocycles. The maximum atomic E-state index is 15.5. The average molecular weight is 890 g/mol. The zero-order chi connectivity index (χ0) is 47.2. The van der Waals surface area contributed by atoms with Crippen LogP contribution in [0.4, 0.5) is 0 Å². The molecule has 0 aliphatic carbocycles. The highest BCUT2D eigenvalue weighted by Gasteiger charge is 2.30. The van der Waals surface area contributed by atoms with Gasteiger partial charge < -0.3 is 0 Å².